The normalized spacial score (nSPS) is 15.9. The number of rotatable bonds is 6. The van der Waals surface area contributed by atoms with Crippen LogP contribution in [0.1, 0.15) is 51.0 Å². The maximum atomic E-state index is 13.1. The van der Waals surface area contributed by atoms with E-state index in [1.807, 2.05) is 20.8 Å². The van der Waals surface area contributed by atoms with Crippen molar-refractivity contribution in [3.8, 4) is 6.07 Å². The standard InChI is InChI=1S/C20H26N4O2S2/c1-5-24-18(26)16-13-8-6-7-9-14(13)28-17(16)22-19(24)27-10-15(25)23-20(4,11-21)12(2)3/h12H,5-10H2,1-4H3,(H,23,25)/t20-/m1/s1. The maximum absolute atomic E-state index is 13.1. The predicted octanol–water partition coefficient (Wildman–Crippen LogP) is 3.50. The van der Waals surface area contributed by atoms with Gasteiger partial charge in [-0.25, -0.2) is 4.98 Å². The molecule has 2 aromatic heterocycles. The summed E-state index contributed by atoms with van der Waals surface area (Å²) in [5.41, 5.74) is 0.271. The summed E-state index contributed by atoms with van der Waals surface area (Å²) in [4.78, 5) is 32.3. The molecule has 1 aliphatic carbocycles. The molecule has 0 unspecified atom stereocenters. The van der Waals surface area contributed by atoms with E-state index in [9.17, 15) is 14.9 Å². The molecule has 1 N–H and O–H groups in total. The number of thiophene rings is 1. The number of carbonyl (C=O) groups excluding carboxylic acids is 1. The molecular weight excluding hydrogens is 392 g/mol. The van der Waals surface area contributed by atoms with Crippen LogP contribution in [0.2, 0.25) is 0 Å². The molecule has 0 radical (unpaired) electrons. The molecule has 0 aliphatic heterocycles. The fraction of sp³-hybridized carbons (Fsp3) is 0.600. The summed E-state index contributed by atoms with van der Waals surface area (Å²) in [6.07, 6.45) is 4.26. The second-order valence-electron chi connectivity index (χ2n) is 7.64. The van der Waals surface area contributed by atoms with Crippen molar-refractivity contribution >= 4 is 39.2 Å². The van der Waals surface area contributed by atoms with E-state index < -0.39 is 5.54 Å². The number of aryl methyl sites for hydroxylation is 2. The highest BCUT2D eigenvalue weighted by atomic mass is 32.2. The molecule has 150 valence electrons. The largest absolute Gasteiger partial charge is 0.337 e. The Morgan fingerprint density at radius 1 is 1.43 bits per heavy atom. The van der Waals surface area contributed by atoms with E-state index in [2.05, 4.69) is 11.4 Å². The lowest BCUT2D eigenvalue weighted by atomic mass is 9.90. The van der Waals surface area contributed by atoms with E-state index in [1.54, 1.807) is 22.8 Å². The number of amides is 1. The summed E-state index contributed by atoms with van der Waals surface area (Å²) in [6.45, 7) is 7.96. The summed E-state index contributed by atoms with van der Waals surface area (Å²) < 4.78 is 1.66. The van der Waals surface area contributed by atoms with Gasteiger partial charge in [-0.1, -0.05) is 25.6 Å². The van der Waals surface area contributed by atoms with Crippen molar-refractivity contribution in [1.29, 1.82) is 5.26 Å². The molecule has 1 atom stereocenters. The number of fused-ring (bicyclic) bond motifs is 3. The molecule has 8 heteroatoms. The van der Waals surface area contributed by atoms with Gasteiger partial charge in [0.25, 0.3) is 5.56 Å². The number of nitrogens with one attached hydrogen (secondary N) is 1. The van der Waals surface area contributed by atoms with Crippen molar-refractivity contribution in [2.24, 2.45) is 5.92 Å². The molecule has 2 aromatic rings. The van der Waals surface area contributed by atoms with Crippen molar-refractivity contribution < 1.29 is 4.79 Å². The lowest BCUT2D eigenvalue weighted by Gasteiger charge is -2.27. The molecule has 0 bridgehead atoms. The van der Waals surface area contributed by atoms with E-state index in [4.69, 9.17) is 4.98 Å². The van der Waals surface area contributed by atoms with Crippen LogP contribution in [0.5, 0.6) is 0 Å². The monoisotopic (exact) mass is 418 g/mol. The van der Waals surface area contributed by atoms with Crippen LogP contribution >= 0.6 is 23.1 Å². The first-order chi connectivity index (χ1) is 13.3. The fourth-order valence-corrected chi connectivity index (χ4v) is 5.53. The lowest BCUT2D eigenvalue weighted by Crippen LogP contribution is -2.49. The van der Waals surface area contributed by atoms with E-state index in [0.717, 1.165) is 35.9 Å². The van der Waals surface area contributed by atoms with E-state index in [1.165, 1.54) is 22.2 Å². The third-order valence-electron chi connectivity index (χ3n) is 5.47. The highest BCUT2D eigenvalue weighted by Crippen LogP contribution is 2.34. The SMILES string of the molecule is CCn1c(SCC(=O)N[C@](C)(C#N)C(C)C)nc2sc3c(c2c1=O)CCCC3. The van der Waals surface area contributed by atoms with Gasteiger partial charge in [-0.15, -0.1) is 11.3 Å². The molecule has 28 heavy (non-hydrogen) atoms. The number of aromatic nitrogens is 2. The Morgan fingerprint density at radius 2 is 2.14 bits per heavy atom. The summed E-state index contributed by atoms with van der Waals surface area (Å²) >= 11 is 2.87. The first-order valence-corrected chi connectivity index (χ1v) is 11.5. The number of carbonyl (C=O) groups is 1. The topological polar surface area (TPSA) is 87.8 Å². The Morgan fingerprint density at radius 3 is 2.79 bits per heavy atom. The number of thioether (sulfide) groups is 1. The van der Waals surface area contributed by atoms with Crippen LogP contribution in [-0.2, 0) is 24.2 Å². The highest BCUT2D eigenvalue weighted by molar-refractivity contribution is 7.99. The second-order valence-corrected chi connectivity index (χ2v) is 9.67. The Hall–Kier alpha value is -1.85. The number of hydrogen-bond acceptors (Lipinski definition) is 6. The first kappa shape index (κ1) is 20.9. The Labute approximate surface area is 173 Å². The van der Waals surface area contributed by atoms with Crippen molar-refractivity contribution in [2.45, 2.75) is 70.6 Å². The van der Waals surface area contributed by atoms with Gasteiger partial charge in [0.05, 0.1) is 17.2 Å². The van der Waals surface area contributed by atoms with Crippen LogP contribution in [0.3, 0.4) is 0 Å². The van der Waals surface area contributed by atoms with Crippen LogP contribution in [0.25, 0.3) is 10.2 Å². The van der Waals surface area contributed by atoms with Crippen LogP contribution in [0, 0.1) is 17.2 Å². The van der Waals surface area contributed by atoms with Gasteiger partial charge in [0, 0.05) is 11.4 Å². The summed E-state index contributed by atoms with van der Waals surface area (Å²) in [7, 11) is 0. The van der Waals surface area contributed by atoms with Crippen LogP contribution in [-0.4, -0.2) is 26.8 Å². The molecule has 0 aromatic carbocycles. The fourth-order valence-electron chi connectivity index (χ4n) is 3.37. The smallest absolute Gasteiger partial charge is 0.263 e. The van der Waals surface area contributed by atoms with Crippen molar-refractivity contribution in [3.05, 3.63) is 20.8 Å². The average molecular weight is 419 g/mol. The van der Waals surface area contributed by atoms with Gasteiger partial charge in [0.2, 0.25) is 5.91 Å². The second kappa shape index (κ2) is 8.26. The highest BCUT2D eigenvalue weighted by Gasteiger charge is 2.30. The van der Waals surface area contributed by atoms with Crippen LogP contribution < -0.4 is 10.9 Å². The van der Waals surface area contributed by atoms with Crippen molar-refractivity contribution in [3.63, 3.8) is 0 Å². The summed E-state index contributed by atoms with van der Waals surface area (Å²) in [6, 6.07) is 2.18. The molecule has 3 rings (SSSR count). The van der Waals surface area contributed by atoms with Gasteiger partial charge in [-0.3, -0.25) is 14.2 Å². The van der Waals surface area contributed by atoms with Crippen molar-refractivity contribution in [1.82, 2.24) is 14.9 Å². The van der Waals surface area contributed by atoms with Gasteiger partial charge >= 0.3 is 0 Å². The van der Waals surface area contributed by atoms with Crippen LogP contribution in [0.4, 0.5) is 0 Å². The molecule has 1 amide bonds. The average Bonchev–Trinajstić information content (AvgIpc) is 3.04. The van der Waals surface area contributed by atoms with E-state index in [-0.39, 0.29) is 23.1 Å². The third kappa shape index (κ3) is 3.83. The number of nitrogens with zero attached hydrogens (tertiary/aromatic N) is 3. The van der Waals surface area contributed by atoms with Gasteiger partial charge in [0.15, 0.2) is 5.16 Å². The minimum atomic E-state index is -0.910. The third-order valence-corrected chi connectivity index (χ3v) is 7.64. The number of nitriles is 1. The van der Waals surface area contributed by atoms with Gasteiger partial charge in [0.1, 0.15) is 10.4 Å². The zero-order chi connectivity index (χ0) is 20.5. The molecular formula is C20H26N4O2S2. The Balaban J connectivity index is 1.86. The Kier molecular flexibility index (Phi) is 6.15. The minimum Gasteiger partial charge on any atom is -0.337 e. The molecule has 0 saturated heterocycles. The Bertz CT molecular complexity index is 1000. The number of hydrogen-bond donors (Lipinski definition) is 1. The first-order valence-electron chi connectivity index (χ1n) is 9.70. The summed E-state index contributed by atoms with van der Waals surface area (Å²) in [5, 5.41) is 13.5. The van der Waals surface area contributed by atoms with Crippen molar-refractivity contribution in [2.75, 3.05) is 5.75 Å². The molecule has 6 nitrogen and oxygen atoms in total. The maximum Gasteiger partial charge on any atom is 0.263 e. The van der Waals surface area contributed by atoms with Gasteiger partial charge in [-0.05, 0) is 51.0 Å². The predicted molar refractivity (Wildman–Crippen MR) is 114 cm³/mol. The lowest BCUT2D eigenvalue weighted by molar-refractivity contribution is -0.120. The quantitative estimate of drug-likeness (QED) is 0.573. The molecule has 0 saturated carbocycles. The van der Waals surface area contributed by atoms with Gasteiger partial charge in [-0.2, -0.15) is 5.26 Å². The zero-order valence-corrected chi connectivity index (χ0v) is 18.4. The minimum absolute atomic E-state index is 0.00106. The molecule has 2 heterocycles. The molecule has 1 aliphatic rings. The zero-order valence-electron chi connectivity index (χ0n) is 16.8. The van der Waals surface area contributed by atoms with E-state index in [0.29, 0.717) is 11.7 Å². The van der Waals surface area contributed by atoms with E-state index >= 15 is 0 Å². The molecule has 0 fully saturated rings. The van der Waals surface area contributed by atoms with Crippen LogP contribution in [0.15, 0.2) is 9.95 Å². The molecule has 0 spiro atoms. The summed E-state index contributed by atoms with van der Waals surface area (Å²) in [5.74, 6) is -0.120. The van der Waals surface area contributed by atoms with Gasteiger partial charge < -0.3 is 5.32 Å².